The van der Waals surface area contributed by atoms with Crippen LogP contribution in [0.3, 0.4) is 0 Å². The third-order valence-electron chi connectivity index (χ3n) is 4.97. The molecule has 2 rings (SSSR count). The van der Waals surface area contributed by atoms with E-state index in [9.17, 15) is 0 Å². The summed E-state index contributed by atoms with van der Waals surface area (Å²) in [5.41, 5.74) is 1.85. The van der Waals surface area contributed by atoms with Crippen molar-refractivity contribution in [2.24, 2.45) is 5.92 Å². The third-order valence-corrected chi connectivity index (χ3v) is 5.41. The first kappa shape index (κ1) is 13.7. The zero-order valence-corrected chi connectivity index (χ0v) is 14.0. The first-order valence-electron chi connectivity index (χ1n) is 7.42. The molecule has 1 nitrogen and oxygen atoms in total. The molecule has 0 aliphatic heterocycles. The van der Waals surface area contributed by atoms with Crippen LogP contribution in [0.5, 0.6) is 5.75 Å². The lowest BCUT2D eigenvalue weighted by Gasteiger charge is -2.45. The molecule has 0 bridgehead atoms. The normalized spacial score (nSPS) is 28.2. The Balaban J connectivity index is 2.47. The van der Waals surface area contributed by atoms with Crippen molar-refractivity contribution in [3.8, 4) is 5.75 Å². The van der Waals surface area contributed by atoms with E-state index in [0.29, 0.717) is 5.41 Å². The first-order chi connectivity index (χ1) is 8.78. The third kappa shape index (κ3) is 2.23. The smallest absolute Gasteiger partial charge is 0.204 e. The van der Waals surface area contributed by atoms with Crippen molar-refractivity contribution >= 4 is 10.5 Å². The zero-order chi connectivity index (χ0) is 13.0. The lowest BCUT2D eigenvalue weighted by atomic mass is 9.60. The highest BCUT2D eigenvalue weighted by molar-refractivity contribution is 6.00. The predicted octanol–water partition coefficient (Wildman–Crippen LogP) is 3.59. The Kier molecular flexibility index (Phi) is 4.49. The summed E-state index contributed by atoms with van der Waals surface area (Å²) in [5.74, 6) is 1.97. The van der Waals surface area contributed by atoms with E-state index in [1.165, 1.54) is 44.1 Å². The average molecular weight is 262 g/mol. The van der Waals surface area contributed by atoms with Crippen LogP contribution in [-0.4, -0.2) is 10.5 Å². The van der Waals surface area contributed by atoms with E-state index in [1.54, 1.807) is 0 Å². The Hall–Kier alpha value is -0.763. The van der Waals surface area contributed by atoms with Crippen LogP contribution in [0, 0.1) is 5.92 Å². The van der Waals surface area contributed by atoms with Crippen LogP contribution in [0.25, 0.3) is 0 Å². The van der Waals surface area contributed by atoms with Gasteiger partial charge in [0.15, 0.2) is 0 Å². The van der Waals surface area contributed by atoms with Crippen LogP contribution in [-0.2, 0) is 5.41 Å². The van der Waals surface area contributed by atoms with Crippen LogP contribution >= 0.6 is 0 Å². The Bertz CT molecular complexity index is 390. The SMILES string of the molecule is CCC1CCCCC1(CC)c1ccccc1O[SiH3]. The monoisotopic (exact) mass is 262 g/mol. The van der Waals surface area contributed by atoms with Gasteiger partial charge in [-0.1, -0.05) is 51.3 Å². The van der Waals surface area contributed by atoms with E-state index in [1.807, 2.05) is 0 Å². The minimum absolute atomic E-state index is 0.369. The number of benzene rings is 1. The molecule has 100 valence electrons. The molecule has 1 aliphatic rings. The van der Waals surface area contributed by atoms with Crippen molar-refractivity contribution in [1.82, 2.24) is 0 Å². The summed E-state index contributed by atoms with van der Waals surface area (Å²) < 4.78 is 5.76. The molecular weight excluding hydrogens is 236 g/mol. The van der Waals surface area contributed by atoms with E-state index in [2.05, 4.69) is 38.1 Å². The van der Waals surface area contributed by atoms with Crippen LogP contribution in [0.4, 0.5) is 0 Å². The molecule has 0 amide bonds. The van der Waals surface area contributed by atoms with Crippen LogP contribution in [0.15, 0.2) is 24.3 Å². The van der Waals surface area contributed by atoms with E-state index < -0.39 is 0 Å². The van der Waals surface area contributed by atoms with Gasteiger partial charge >= 0.3 is 0 Å². The van der Waals surface area contributed by atoms with Crippen LogP contribution in [0.1, 0.15) is 57.9 Å². The van der Waals surface area contributed by atoms with Gasteiger partial charge in [0.25, 0.3) is 0 Å². The number of hydrogen-bond acceptors (Lipinski definition) is 1. The van der Waals surface area contributed by atoms with Gasteiger partial charge in [-0.3, -0.25) is 0 Å². The van der Waals surface area contributed by atoms with Gasteiger partial charge in [0.05, 0.1) is 0 Å². The second-order valence-electron chi connectivity index (χ2n) is 5.56. The summed E-state index contributed by atoms with van der Waals surface area (Å²) in [6.45, 7) is 4.71. The second-order valence-corrected chi connectivity index (χ2v) is 5.97. The summed E-state index contributed by atoms with van der Waals surface area (Å²) in [6.07, 6.45) is 8.05. The quantitative estimate of drug-likeness (QED) is 0.754. The molecule has 2 heteroatoms. The van der Waals surface area contributed by atoms with Gasteiger partial charge < -0.3 is 4.43 Å². The summed E-state index contributed by atoms with van der Waals surface area (Å²) in [6, 6.07) is 8.74. The van der Waals surface area contributed by atoms with Crippen LogP contribution < -0.4 is 4.43 Å². The van der Waals surface area contributed by atoms with E-state index in [-0.39, 0.29) is 0 Å². The van der Waals surface area contributed by atoms with Gasteiger partial charge in [-0.15, -0.1) is 0 Å². The average Bonchev–Trinajstić information content (AvgIpc) is 2.46. The molecule has 0 spiro atoms. The fraction of sp³-hybridized carbons (Fsp3) is 0.625. The maximum atomic E-state index is 5.76. The molecular formula is C16H26OSi. The molecule has 2 unspecified atom stereocenters. The molecule has 0 saturated heterocycles. The largest absolute Gasteiger partial charge is 0.553 e. The molecule has 1 fully saturated rings. The highest BCUT2D eigenvalue weighted by Crippen LogP contribution is 2.50. The van der Waals surface area contributed by atoms with Gasteiger partial charge in [-0.05, 0) is 36.8 Å². The topological polar surface area (TPSA) is 9.23 Å². The van der Waals surface area contributed by atoms with E-state index in [4.69, 9.17) is 4.43 Å². The van der Waals surface area contributed by atoms with Crippen molar-refractivity contribution in [2.45, 2.75) is 57.8 Å². The molecule has 2 atom stereocenters. The van der Waals surface area contributed by atoms with Gasteiger partial charge in [0.2, 0.25) is 10.5 Å². The standard InChI is InChI=1S/C16H26OSi/c1-3-13-9-7-8-12-16(13,4-2)14-10-5-6-11-15(14)17-18/h5-6,10-11,13H,3-4,7-9,12H2,1-2,18H3. The van der Waals surface area contributed by atoms with Gasteiger partial charge in [-0.2, -0.15) is 0 Å². The van der Waals surface area contributed by atoms with Crippen molar-refractivity contribution in [3.05, 3.63) is 29.8 Å². The van der Waals surface area contributed by atoms with Crippen molar-refractivity contribution in [3.63, 3.8) is 0 Å². The van der Waals surface area contributed by atoms with Crippen molar-refractivity contribution in [1.29, 1.82) is 0 Å². The molecule has 0 radical (unpaired) electrons. The fourth-order valence-corrected chi connectivity index (χ4v) is 4.33. The molecule has 18 heavy (non-hydrogen) atoms. The summed E-state index contributed by atoms with van der Waals surface area (Å²) in [5, 5.41) is 0. The zero-order valence-electron chi connectivity index (χ0n) is 12.0. The Morgan fingerprint density at radius 1 is 1.28 bits per heavy atom. The number of rotatable bonds is 4. The maximum Gasteiger partial charge on any atom is 0.204 e. The minimum Gasteiger partial charge on any atom is -0.553 e. The van der Waals surface area contributed by atoms with Crippen molar-refractivity contribution in [2.75, 3.05) is 0 Å². The summed E-state index contributed by atoms with van der Waals surface area (Å²) in [7, 11) is 0.781. The molecule has 1 aromatic rings. The van der Waals surface area contributed by atoms with Gasteiger partial charge in [-0.25, -0.2) is 0 Å². The molecule has 1 saturated carbocycles. The van der Waals surface area contributed by atoms with Crippen molar-refractivity contribution < 1.29 is 4.43 Å². The maximum absolute atomic E-state index is 5.76. The molecule has 1 aliphatic carbocycles. The van der Waals surface area contributed by atoms with Gasteiger partial charge in [0, 0.05) is 5.41 Å². The summed E-state index contributed by atoms with van der Waals surface area (Å²) >= 11 is 0. The molecule has 0 N–H and O–H groups in total. The van der Waals surface area contributed by atoms with Gasteiger partial charge in [0.1, 0.15) is 5.75 Å². The first-order valence-corrected chi connectivity index (χ1v) is 8.23. The Labute approximate surface area is 114 Å². The lowest BCUT2D eigenvalue weighted by Crippen LogP contribution is -2.37. The molecule has 0 aromatic heterocycles. The van der Waals surface area contributed by atoms with E-state index in [0.717, 1.165) is 22.2 Å². The molecule has 0 heterocycles. The molecule has 1 aromatic carbocycles. The van der Waals surface area contributed by atoms with E-state index >= 15 is 0 Å². The highest BCUT2D eigenvalue weighted by Gasteiger charge is 2.41. The van der Waals surface area contributed by atoms with Crippen LogP contribution in [0.2, 0.25) is 0 Å². The Morgan fingerprint density at radius 3 is 2.72 bits per heavy atom. The number of hydrogen-bond donors (Lipinski definition) is 0. The second kappa shape index (κ2) is 5.92. The number of para-hydroxylation sites is 1. The minimum atomic E-state index is 0.369. The predicted molar refractivity (Wildman–Crippen MR) is 81.2 cm³/mol. The summed E-state index contributed by atoms with van der Waals surface area (Å²) in [4.78, 5) is 0. The highest BCUT2D eigenvalue weighted by atomic mass is 28.2. The Morgan fingerprint density at radius 2 is 2.06 bits per heavy atom. The lowest BCUT2D eigenvalue weighted by molar-refractivity contribution is 0.169. The fourth-order valence-electron chi connectivity index (χ4n) is 3.97.